The molecule has 1 aromatic heterocycles. The number of pyridine rings is 1. The molecular formula is C24H23ClF2N4O3. The van der Waals surface area contributed by atoms with Crippen LogP contribution in [0.1, 0.15) is 5.56 Å². The van der Waals surface area contributed by atoms with Crippen LogP contribution in [0.25, 0.3) is 11.1 Å². The molecule has 0 bridgehead atoms. The lowest BCUT2D eigenvalue weighted by Crippen LogP contribution is -2.56. The lowest BCUT2D eigenvalue weighted by Gasteiger charge is -2.38. The minimum atomic E-state index is -1.13. The standard InChI is InChI=1S/C24H23ClF2N4O3/c1-30-5-6-31(21(13-30)24(32)33)22-19(26)11-20(27)23(29-22)34-18-9-16(8-17(25)10-18)15-4-2-3-14(7-15)12-28/h2-4,7-11,21H,5-6,12-13,28H2,1H3,(H,32,33). The van der Waals surface area contributed by atoms with Gasteiger partial charge in [-0.1, -0.05) is 29.8 Å². The molecule has 4 rings (SSSR count). The lowest BCUT2D eigenvalue weighted by atomic mass is 10.0. The minimum absolute atomic E-state index is 0.170. The number of carboxylic acids is 1. The largest absolute Gasteiger partial charge is 0.480 e. The summed E-state index contributed by atoms with van der Waals surface area (Å²) in [5, 5.41) is 9.94. The fourth-order valence-electron chi connectivity index (χ4n) is 3.88. The van der Waals surface area contributed by atoms with Crippen LogP contribution in [0.15, 0.2) is 48.5 Å². The number of halogens is 3. The zero-order valence-electron chi connectivity index (χ0n) is 18.3. The second kappa shape index (κ2) is 9.92. The number of aliphatic carboxylic acids is 1. The molecule has 34 heavy (non-hydrogen) atoms. The second-order valence-electron chi connectivity index (χ2n) is 8.07. The molecule has 0 radical (unpaired) electrons. The Morgan fingerprint density at radius 1 is 1.18 bits per heavy atom. The van der Waals surface area contributed by atoms with Crippen LogP contribution in [0.4, 0.5) is 14.6 Å². The molecule has 3 aromatic rings. The Balaban J connectivity index is 1.68. The summed E-state index contributed by atoms with van der Waals surface area (Å²) in [6, 6.07) is 12.0. The summed E-state index contributed by atoms with van der Waals surface area (Å²) in [6.45, 7) is 1.25. The highest BCUT2D eigenvalue weighted by Gasteiger charge is 2.34. The van der Waals surface area contributed by atoms with Crippen molar-refractivity contribution in [3.63, 3.8) is 0 Å². The van der Waals surface area contributed by atoms with Crippen molar-refractivity contribution in [2.45, 2.75) is 12.6 Å². The molecule has 7 nitrogen and oxygen atoms in total. The van der Waals surface area contributed by atoms with E-state index in [0.717, 1.165) is 11.1 Å². The van der Waals surface area contributed by atoms with E-state index in [2.05, 4.69) is 4.98 Å². The van der Waals surface area contributed by atoms with Gasteiger partial charge in [0.15, 0.2) is 17.5 Å². The smallest absolute Gasteiger partial charge is 0.327 e. The number of rotatable bonds is 6. The highest BCUT2D eigenvalue weighted by atomic mass is 35.5. The monoisotopic (exact) mass is 488 g/mol. The van der Waals surface area contributed by atoms with Gasteiger partial charge in [0.05, 0.1) is 0 Å². The number of carboxylic acid groups (broad SMARTS) is 1. The van der Waals surface area contributed by atoms with E-state index in [9.17, 15) is 18.7 Å². The zero-order chi connectivity index (χ0) is 24.4. The predicted octanol–water partition coefficient (Wildman–Crippen LogP) is 4.14. The first-order chi connectivity index (χ1) is 16.2. The van der Waals surface area contributed by atoms with Crippen LogP contribution in [-0.2, 0) is 11.3 Å². The topological polar surface area (TPSA) is 91.9 Å². The molecule has 1 saturated heterocycles. The maximum atomic E-state index is 14.7. The third kappa shape index (κ3) is 5.11. The quantitative estimate of drug-likeness (QED) is 0.539. The molecule has 10 heteroatoms. The fraction of sp³-hybridized carbons (Fsp3) is 0.250. The Morgan fingerprint density at radius 3 is 2.71 bits per heavy atom. The van der Waals surface area contributed by atoms with Crippen LogP contribution in [-0.4, -0.2) is 53.7 Å². The number of ether oxygens (including phenoxy) is 1. The van der Waals surface area contributed by atoms with Gasteiger partial charge in [-0.15, -0.1) is 0 Å². The average molecular weight is 489 g/mol. The van der Waals surface area contributed by atoms with Crippen molar-refractivity contribution >= 4 is 23.4 Å². The van der Waals surface area contributed by atoms with Gasteiger partial charge in [0.25, 0.3) is 5.88 Å². The second-order valence-corrected chi connectivity index (χ2v) is 8.51. The maximum absolute atomic E-state index is 14.7. The Bertz CT molecular complexity index is 1230. The lowest BCUT2D eigenvalue weighted by molar-refractivity contribution is -0.139. The van der Waals surface area contributed by atoms with Gasteiger partial charge < -0.3 is 25.4 Å². The third-order valence-electron chi connectivity index (χ3n) is 5.60. The summed E-state index contributed by atoms with van der Waals surface area (Å²) >= 11 is 6.27. The number of likely N-dealkylation sites (N-methyl/N-ethyl adjacent to an activating group) is 1. The van der Waals surface area contributed by atoms with Crippen molar-refractivity contribution in [2.75, 3.05) is 31.6 Å². The number of piperazine rings is 1. The van der Waals surface area contributed by atoms with Gasteiger partial charge in [0, 0.05) is 37.3 Å². The number of nitrogens with two attached hydrogens (primary N) is 1. The molecule has 1 aliphatic heterocycles. The van der Waals surface area contributed by atoms with Crippen molar-refractivity contribution in [1.29, 1.82) is 0 Å². The summed E-state index contributed by atoms with van der Waals surface area (Å²) in [5.74, 6) is -3.69. The van der Waals surface area contributed by atoms with Gasteiger partial charge in [-0.3, -0.25) is 0 Å². The van der Waals surface area contributed by atoms with Gasteiger partial charge in [0.1, 0.15) is 11.8 Å². The normalized spacial score (nSPS) is 16.5. The van der Waals surface area contributed by atoms with Crippen LogP contribution in [0.2, 0.25) is 5.02 Å². The Hall–Kier alpha value is -3.27. The number of carbonyl (C=O) groups is 1. The zero-order valence-corrected chi connectivity index (χ0v) is 19.1. The number of hydrogen-bond donors (Lipinski definition) is 2. The molecule has 2 heterocycles. The summed E-state index contributed by atoms with van der Waals surface area (Å²) in [6.07, 6.45) is 0. The molecule has 178 valence electrons. The Kier molecular flexibility index (Phi) is 6.97. The molecule has 0 aliphatic carbocycles. The third-order valence-corrected chi connectivity index (χ3v) is 5.82. The summed E-state index contributed by atoms with van der Waals surface area (Å²) in [7, 11) is 1.77. The molecule has 1 aliphatic rings. The van der Waals surface area contributed by atoms with E-state index >= 15 is 0 Å². The van der Waals surface area contributed by atoms with Crippen LogP contribution >= 0.6 is 11.6 Å². The molecule has 1 atom stereocenters. The van der Waals surface area contributed by atoms with E-state index in [1.54, 1.807) is 19.2 Å². The molecular weight excluding hydrogens is 466 g/mol. The Morgan fingerprint density at radius 2 is 1.97 bits per heavy atom. The van der Waals surface area contributed by atoms with Gasteiger partial charge >= 0.3 is 5.97 Å². The average Bonchev–Trinajstić information content (AvgIpc) is 2.80. The first-order valence-electron chi connectivity index (χ1n) is 10.6. The van der Waals surface area contributed by atoms with E-state index < -0.39 is 29.5 Å². The Labute approximate surface area is 200 Å². The number of benzene rings is 2. The van der Waals surface area contributed by atoms with Crippen molar-refractivity contribution in [2.24, 2.45) is 5.73 Å². The van der Waals surface area contributed by atoms with Crippen molar-refractivity contribution < 1.29 is 23.4 Å². The van der Waals surface area contributed by atoms with E-state index in [0.29, 0.717) is 29.7 Å². The highest BCUT2D eigenvalue weighted by Crippen LogP contribution is 2.34. The van der Waals surface area contributed by atoms with Crippen molar-refractivity contribution in [1.82, 2.24) is 9.88 Å². The summed E-state index contributed by atoms with van der Waals surface area (Å²) in [5.41, 5.74) is 8.20. The molecule has 0 amide bonds. The van der Waals surface area contributed by atoms with Crippen LogP contribution < -0.4 is 15.4 Å². The maximum Gasteiger partial charge on any atom is 0.327 e. The molecule has 2 aromatic carbocycles. The first-order valence-corrected chi connectivity index (χ1v) is 10.9. The molecule has 0 saturated carbocycles. The number of aromatic nitrogens is 1. The molecule has 3 N–H and O–H groups in total. The van der Waals surface area contributed by atoms with E-state index in [1.807, 2.05) is 29.2 Å². The number of hydrogen-bond acceptors (Lipinski definition) is 6. The predicted molar refractivity (Wildman–Crippen MR) is 125 cm³/mol. The van der Waals surface area contributed by atoms with E-state index in [1.165, 1.54) is 11.0 Å². The van der Waals surface area contributed by atoms with Crippen LogP contribution in [0, 0.1) is 11.6 Å². The fourth-order valence-corrected chi connectivity index (χ4v) is 4.10. The van der Waals surface area contributed by atoms with Crippen molar-refractivity contribution in [3.05, 3.63) is 70.8 Å². The number of nitrogens with zero attached hydrogens (tertiary/aromatic N) is 3. The molecule has 1 fully saturated rings. The van der Waals surface area contributed by atoms with Gasteiger partial charge in [-0.05, 0) is 48.0 Å². The first kappa shape index (κ1) is 23.9. The number of anilines is 1. The molecule has 0 spiro atoms. The van der Waals surface area contributed by atoms with Gasteiger partial charge in [-0.2, -0.15) is 4.98 Å². The SMILES string of the molecule is CN1CCN(c2nc(Oc3cc(Cl)cc(-c4cccc(CN)c4)c3)c(F)cc2F)C(C(=O)O)C1. The summed E-state index contributed by atoms with van der Waals surface area (Å²) in [4.78, 5) is 18.9. The molecule has 1 unspecified atom stereocenters. The van der Waals surface area contributed by atoms with E-state index in [4.69, 9.17) is 22.1 Å². The summed E-state index contributed by atoms with van der Waals surface area (Å²) < 4.78 is 34.9. The van der Waals surface area contributed by atoms with Gasteiger partial charge in [0.2, 0.25) is 0 Å². The highest BCUT2D eigenvalue weighted by molar-refractivity contribution is 6.31. The van der Waals surface area contributed by atoms with Gasteiger partial charge in [-0.25, -0.2) is 13.6 Å². The van der Waals surface area contributed by atoms with E-state index in [-0.39, 0.29) is 24.7 Å². The van der Waals surface area contributed by atoms with Crippen molar-refractivity contribution in [3.8, 4) is 22.8 Å². The van der Waals surface area contributed by atoms with Crippen LogP contribution in [0.5, 0.6) is 11.6 Å². The minimum Gasteiger partial charge on any atom is -0.480 e. The van der Waals surface area contributed by atoms with Crippen LogP contribution in [0.3, 0.4) is 0 Å².